The first-order valence-electron chi connectivity index (χ1n) is 2.07. The summed E-state index contributed by atoms with van der Waals surface area (Å²) in [4.78, 5) is 0. The molecule has 0 radical (unpaired) electrons. The maximum absolute atomic E-state index is 3.94. The SMILES string of the molecule is CN1N=CN(Br)C1Br. The van der Waals surface area contributed by atoms with E-state index in [1.165, 1.54) is 0 Å². The van der Waals surface area contributed by atoms with Crippen LogP contribution in [-0.4, -0.2) is 27.4 Å². The van der Waals surface area contributed by atoms with Crippen molar-refractivity contribution in [2.75, 3.05) is 7.05 Å². The highest BCUT2D eigenvalue weighted by atomic mass is 79.9. The number of alkyl halides is 1. The zero-order chi connectivity index (χ0) is 6.15. The quantitative estimate of drug-likeness (QED) is 0.361. The van der Waals surface area contributed by atoms with Crippen LogP contribution < -0.4 is 0 Å². The Morgan fingerprint density at radius 3 is 2.50 bits per heavy atom. The van der Waals surface area contributed by atoms with E-state index in [9.17, 15) is 0 Å². The molecule has 0 amide bonds. The summed E-state index contributed by atoms with van der Waals surface area (Å²) >= 11 is 6.59. The maximum Gasteiger partial charge on any atom is 0.185 e. The molecule has 3 nitrogen and oxygen atoms in total. The topological polar surface area (TPSA) is 18.8 Å². The molecule has 1 unspecified atom stereocenters. The fourth-order valence-electron chi connectivity index (χ4n) is 0.400. The molecule has 0 fully saturated rings. The smallest absolute Gasteiger partial charge is 0.185 e. The van der Waals surface area contributed by atoms with Crippen molar-refractivity contribution >= 4 is 38.4 Å². The lowest BCUT2D eigenvalue weighted by Gasteiger charge is -2.15. The molecule has 0 aromatic heterocycles. The van der Waals surface area contributed by atoms with Crippen molar-refractivity contribution in [3.8, 4) is 0 Å². The summed E-state index contributed by atoms with van der Waals surface area (Å²) in [7, 11) is 1.89. The predicted molar refractivity (Wildman–Crippen MR) is 39.7 cm³/mol. The summed E-state index contributed by atoms with van der Waals surface area (Å²) in [6, 6.07) is 0. The van der Waals surface area contributed by atoms with Gasteiger partial charge in [-0.1, -0.05) is 0 Å². The molecule has 5 heteroatoms. The second kappa shape index (κ2) is 2.23. The van der Waals surface area contributed by atoms with Crippen molar-refractivity contribution in [2.45, 2.75) is 5.08 Å². The average molecular weight is 243 g/mol. The summed E-state index contributed by atoms with van der Waals surface area (Å²) in [6.07, 6.45) is 1.69. The number of hydrogen-bond donors (Lipinski definition) is 0. The molecule has 0 saturated carbocycles. The molecular formula is C3H5Br2N3. The summed E-state index contributed by atoms with van der Waals surface area (Å²) in [5.41, 5.74) is 0. The molecule has 1 rings (SSSR count). The van der Waals surface area contributed by atoms with E-state index in [0.29, 0.717) is 0 Å². The summed E-state index contributed by atoms with van der Waals surface area (Å²) in [5.74, 6) is 0. The molecule has 8 heavy (non-hydrogen) atoms. The normalized spacial score (nSPS) is 27.6. The van der Waals surface area contributed by atoms with Gasteiger partial charge in [-0.2, -0.15) is 5.10 Å². The van der Waals surface area contributed by atoms with Crippen LogP contribution in [0.5, 0.6) is 0 Å². The molecular weight excluding hydrogens is 238 g/mol. The van der Waals surface area contributed by atoms with Gasteiger partial charge in [0.15, 0.2) is 5.08 Å². The van der Waals surface area contributed by atoms with Gasteiger partial charge in [-0.15, -0.1) is 0 Å². The van der Waals surface area contributed by atoms with Gasteiger partial charge in [0.1, 0.15) is 6.34 Å². The molecule has 46 valence electrons. The minimum absolute atomic E-state index is 0.155. The van der Waals surface area contributed by atoms with Crippen molar-refractivity contribution < 1.29 is 0 Å². The first kappa shape index (κ1) is 6.35. The Balaban J connectivity index is 2.55. The lowest BCUT2D eigenvalue weighted by molar-refractivity contribution is 0.320. The second-order valence-corrected chi connectivity index (χ2v) is 3.10. The number of hydrazone groups is 1. The average Bonchev–Trinajstić information content (AvgIpc) is 1.98. The Kier molecular flexibility index (Phi) is 1.77. The van der Waals surface area contributed by atoms with Crippen LogP contribution in [0.2, 0.25) is 0 Å². The number of hydrogen-bond acceptors (Lipinski definition) is 3. The van der Waals surface area contributed by atoms with E-state index >= 15 is 0 Å². The first-order chi connectivity index (χ1) is 3.72. The molecule has 0 saturated heterocycles. The molecule has 0 aromatic rings. The van der Waals surface area contributed by atoms with E-state index in [0.717, 1.165) is 0 Å². The Hall–Kier alpha value is 0.230. The van der Waals surface area contributed by atoms with Crippen LogP contribution in [-0.2, 0) is 0 Å². The molecule has 1 heterocycles. The van der Waals surface area contributed by atoms with Crippen LogP contribution in [0.4, 0.5) is 0 Å². The van der Waals surface area contributed by atoms with Crippen LogP contribution in [0.3, 0.4) is 0 Å². The monoisotopic (exact) mass is 241 g/mol. The lowest BCUT2D eigenvalue weighted by Crippen LogP contribution is -2.24. The fraction of sp³-hybridized carbons (Fsp3) is 0.667. The van der Waals surface area contributed by atoms with Gasteiger partial charge in [-0.05, 0) is 15.9 Å². The first-order valence-corrected chi connectivity index (χ1v) is 3.69. The summed E-state index contributed by atoms with van der Waals surface area (Å²) in [5, 5.41) is 5.88. The van der Waals surface area contributed by atoms with Gasteiger partial charge < -0.3 is 0 Å². The molecule has 0 spiro atoms. The van der Waals surface area contributed by atoms with E-state index < -0.39 is 0 Å². The van der Waals surface area contributed by atoms with E-state index in [-0.39, 0.29) is 5.08 Å². The molecule has 0 aliphatic carbocycles. The van der Waals surface area contributed by atoms with Gasteiger partial charge >= 0.3 is 0 Å². The van der Waals surface area contributed by atoms with Gasteiger partial charge in [0.05, 0.1) is 16.1 Å². The van der Waals surface area contributed by atoms with Crippen LogP contribution in [0.1, 0.15) is 0 Å². The molecule has 0 bridgehead atoms. The zero-order valence-corrected chi connectivity index (χ0v) is 7.42. The number of rotatable bonds is 0. The van der Waals surface area contributed by atoms with Gasteiger partial charge in [0.25, 0.3) is 0 Å². The van der Waals surface area contributed by atoms with E-state index in [2.05, 4.69) is 37.2 Å². The standard InChI is InChI=1S/C3H5Br2N3/c1-7-3(4)8(5)2-6-7/h2-3H,1H3. The lowest BCUT2D eigenvalue weighted by atomic mass is 11.0. The Morgan fingerprint density at radius 1 is 1.75 bits per heavy atom. The van der Waals surface area contributed by atoms with Crippen molar-refractivity contribution in [3.63, 3.8) is 0 Å². The molecule has 0 N–H and O–H groups in total. The highest BCUT2D eigenvalue weighted by Gasteiger charge is 2.18. The molecule has 1 aliphatic rings. The van der Waals surface area contributed by atoms with Crippen LogP contribution in [0, 0.1) is 0 Å². The van der Waals surface area contributed by atoms with Crippen LogP contribution in [0.25, 0.3) is 0 Å². The molecule has 1 atom stereocenters. The van der Waals surface area contributed by atoms with E-state index in [1.54, 1.807) is 15.3 Å². The van der Waals surface area contributed by atoms with E-state index in [1.807, 2.05) is 7.05 Å². The molecule has 1 aliphatic heterocycles. The van der Waals surface area contributed by atoms with Crippen LogP contribution >= 0.6 is 32.1 Å². The highest BCUT2D eigenvalue weighted by molar-refractivity contribution is 9.11. The van der Waals surface area contributed by atoms with E-state index in [4.69, 9.17) is 0 Å². The molecule has 0 aromatic carbocycles. The predicted octanol–water partition coefficient (Wildman–Crippen LogP) is 1.17. The third kappa shape index (κ3) is 0.974. The van der Waals surface area contributed by atoms with Crippen molar-refractivity contribution in [1.29, 1.82) is 0 Å². The third-order valence-electron chi connectivity index (χ3n) is 0.856. The van der Waals surface area contributed by atoms with Gasteiger partial charge in [-0.3, -0.25) is 8.93 Å². The van der Waals surface area contributed by atoms with Gasteiger partial charge in [0, 0.05) is 7.05 Å². The Bertz CT molecular complexity index is 103. The minimum Gasteiger partial charge on any atom is -0.265 e. The second-order valence-electron chi connectivity index (χ2n) is 1.46. The number of nitrogens with zero attached hydrogens (tertiary/aromatic N) is 3. The minimum atomic E-state index is 0.155. The summed E-state index contributed by atoms with van der Waals surface area (Å²) in [6.45, 7) is 0. The van der Waals surface area contributed by atoms with Gasteiger partial charge in [0.2, 0.25) is 0 Å². The maximum atomic E-state index is 3.94. The Labute approximate surface area is 64.8 Å². The zero-order valence-electron chi connectivity index (χ0n) is 4.25. The third-order valence-corrected chi connectivity index (χ3v) is 3.01. The Morgan fingerprint density at radius 2 is 2.38 bits per heavy atom. The number of halogens is 2. The van der Waals surface area contributed by atoms with Crippen molar-refractivity contribution in [1.82, 2.24) is 8.93 Å². The summed E-state index contributed by atoms with van der Waals surface area (Å²) < 4.78 is 1.78. The van der Waals surface area contributed by atoms with Crippen molar-refractivity contribution in [2.24, 2.45) is 5.10 Å². The largest absolute Gasteiger partial charge is 0.265 e. The van der Waals surface area contributed by atoms with Crippen LogP contribution in [0.15, 0.2) is 5.10 Å². The van der Waals surface area contributed by atoms with Gasteiger partial charge in [-0.25, -0.2) is 0 Å². The fourth-order valence-corrected chi connectivity index (χ4v) is 0.959. The van der Waals surface area contributed by atoms with Crippen molar-refractivity contribution in [3.05, 3.63) is 0 Å². The highest BCUT2D eigenvalue weighted by Crippen LogP contribution is 2.18.